The number of aromatic nitrogens is 2. The van der Waals surface area contributed by atoms with E-state index in [2.05, 4.69) is 41.8 Å². The summed E-state index contributed by atoms with van der Waals surface area (Å²) in [6.07, 6.45) is 7.81. The summed E-state index contributed by atoms with van der Waals surface area (Å²) in [5, 5.41) is 22.4. The lowest BCUT2D eigenvalue weighted by molar-refractivity contribution is -0.384. The standard InChI is InChI=1S/C24H23N5O2S2/c1-24(2,3)16-5-7-18-19(13-25)22(32-21(18)12-16)28-14-15-11-17(29(30)31)6-8-20(15)33-23-26-9-4-10-27-23/h4,6,8-11,14,16H,5,7,12H2,1-3H3/t16-/m0/s1. The minimum atomic E-state index is -0.429. The summed E-state index contributed by atoms with van der Waals surface area (Å²) in [4.78, 5) is 26.0. The first-order valence-corrected chi connectivity index (χ1v) is 12.2. The van der Waals surface area contributed by atoms with E-state index < -0.39 is 4.92 Å². The average Bonchev–Trinajstić information content (AvgIpc) is 3.15. The summed E-state index contributed by atoms with van der Waals surface area (Å²) in [6.45, 7) is 6.79. The molecule has 2 aromatic heterocycles. The summed E-state index contributed by atoms with van der Waals surface area (Å²) in [5.74, 6) is 0.567. The number of nitro benzene ring substituents is 1. The van der Waals surface area contributed by atoms with Gasteiger partial charge in [-0.2, -0.15) is 5.26 Å². The Kier molecular flexibility index (Phi) is 6.58. The van der Waals surface area contributed by atoms with E-state index in [0.717, 1.165) is 29.7 Å². The second-order valence-electron chi connectivity index (χ2n) is 8.97. The molecule has 3 aromatic rings. The van der Waals surface area contributed by atoms with Crippen molar-refractivity contribution in [2.45, 2.75) is 50.1 Å². The van der Waals surface area contributed by atoms with E-state index >= 15 is 0 Å². The molecule has 0 spiro atoms. The molecular weight excluding hydrogens is 454 g/mol. The Morgan fingerprint density at radius 1 is 1.33 bits per heavy atom. The molecule has 9 heteroatoms. The van der Waals surface area contributed by atoms with Crippen molar-refractivity contribution in [1.29, 1.82) is 5.26 Å². The van der Waals surface area contributed by atoms with Crippen LogP contribution in [0.3, 0.4) is 0 Å². The maximum absolute atomic E-state index is 11.3. The first-order valence-electron chi connectivity index (χ1n) is 10.6. The lowest BCUT2D eigenvalue weighted by atomic mass is 9.72. The van der Waals surface area contributed by atoms with Gasteiger partial charge in [-0.05, 0) is 60.1 Å². The van der Waals surface area contributed by atoms with Crippen LogP contribution in [0.25, 0.3) is 0 Å². The van der Waals surface area contributed by atoms with E-state index in [4.69, 9.17) is 0 Å². The van der Waals surface area contributed by atoms with Gasteiger partial charge < -0.3 is 0 Å². The molecule has 0 fully saturated rings. The Bertz CT molecular complexity index is 1260. The number of benzene rings is 1. The van der Waals surface area contributed by atoms with Crippen molar-refractivity contribution >= 4 is 40.0 Å². The Morgan fingerprint density at radius 3 is 2.76 bits per heavy atom. The second-order valence-corrected chi connectivity index (χ2v) is 11.1. The number of nitriles is 1. The van der Waals surface area contributed by atoms with Gasteiger partial charge in [0.2, 0.25) is 0 Å². The number of nitro groups is 1. The molecule has 0 bridgehead atoms. The number of hydrogen-bond acceptors (Lipinski definition) is 8. The topological polar surface area (TPSA) is 105 Å². The Morgan fingerprint density at radius 2 is 2.09 bits per heavy atom. The number of rotatable bonds is 5. The second kappa shape index (κ2) is 9.41. The van der Waals surface area contributed by atoms with Gasteiger partial charge in [0.15, 0.2) is 5.16 Å². The van der Waals surface area contributed by atoms with Crippen LogP contribution in [-0.4, -0.2) is 21.1 Å². The molecule has 2 heterocycles. The molecule has 0 aliphatic heterocycles. The molecule has 0 unspecified atom stereocenters. The highest BCUT2D eigenvalue weighted by Crippen LogP contribution is 2.45. The molecule has 1 atom stereocenters. The van der Waals surface area contributed by atoms with Gasteiger partial charge in [-0.25, -0.2) is 15.0 Å². The highest BCUT2D eigenvalue weighted by atomic mass is 32.2. The van der Waals surface area contributed by atoms with Crippen molar-refractivity contribution in [1.82, 2.24) is 9.97 Å². The van der Waals surface area contributed by atoms with E-state index in [1.54, 1.807) is 42.1 Å². The molecule has 7 nitrogen and oxygen atoms in total. The summed E-state index contributed by atoms with van der Waals surface area (Å²) in [7, 11) is 0. The predicted molar refractivity (Wildman–Crippen MR) is 131 cm³/mol. The third-order valence-corrected chi connectivity index (χ3v) is 8.00. The van der Waals surface area contributed by atoms with Crippen LogP contribution in [0.1, 0.15) is 48.8 Å². The molecular formula is C24H23N5O2S2. The van der Waals surface area contributed by atoms with E-state index in [-0.39, 0.29) is 11.1 Å². The largest absolute Gasteiger partial charge is 0.270 e. The first kappa shape index (κ1) is 23.1. The van der Waals surface area contributed by atoms with Crippen LogP contribution in [-0.2, 0) is 12.8 Å². The highest BCUT2D eigenvalue weighted by Gasteiger charge is 2.32. The van der Waals surface area contributed by atoms with Gasteiger partial charge >= 0.3 is 0 Å². The normalized spacial score (nSPS) is 15.9. The van der Waals surface area contributed by atoms with Crippen LogP contribution < -0.4 is 0 Å². The van der Waals surface area contributed by atoms with Crippen LogP contribution in [0, 0.1) is 32.8 Å². The molecule has 0 saturated carbocycles. The van der Waals surface area contributed by atoms with Gasteiger partial charge in [0.05, 0.1) is 10.5 Å². The van der Waals surface area contributed by atoms with E-state index in [1.165, 1.54) is 28.8 Å². The summed E-state index contributed by atoms with van der Waals surface area (Å²) in [5.41, 5.74) is 2.52. The van der Waals surface area contributed by atoms with Crippen LogP contribution in [0.15, 0.2) is 51.7 Å². The number of hydrogen-bond donors (Lipinski definition) is 0. The smallest absolute Gasteiger partial charge is 0.258 e. The van der Waals surface area contributed by atoms with Gasteiger partial charge in [0.1, 0.15) is 11.1 Å². The van der Waals surface area contributed by atoms with Crippen molar-refractivity contribution in [2.75, 3.05) is 0 Å². The number of non-ortho nitro benzene ring substituents is 1. The Hall–Kier alpha value is -3.09. The molecule has 33 heavy (non-hydrogen) atoms. The Labute approximate surface area is 200 Å². The van der Waals surface area contributed by atoms with Gasteiger partial charge in [-0.3, -0.25) is 10.1 Å². The maximum Gasteiger partial charge on any atom is 0.270 e. The quantitative estimate of drug-likeness (QED) is 0.183. The van der Waals surface area contributed by atoms with E-state index in [9.17, 15) is 15.4 Å². The number of thiophene rings is 1. The zero-order chi connectivity index (χ0) is 23.6. The summed E-state index contributed by atoms with van der Waals surface area (Å²) in [6, 6.07) is 8.70. The molecule has 1 aliphatic carbocycles. The first-order chi connectivity index (χ1) is 15.8. The third kappa shape index (κ3) is 5.13. The number of fused-ring (bicyclic) bond motifs is 1. The van der Waals surface area contributed by atoms with Gasteiger partial charge in [-0.15, -0.1) is 11.3 Å². The summed E-state index contributed by atoms with van der Waals surface area (Å²) >= 11 is 2.87. The van der Waals surface area contributed by atoms with Crippen molar-refractivity contribution in [2.24, 2.45) is 16.3 Å². The predicted octanol–water partition coefficient (Wildman–Crippen LogP) is 6.37. The highest BCUT2D eigenvalue weighted by molar-refractivity contribution is 7.99. The van der Waals surface area contributed by atoms with Gasteiger partial charge in [0, 0.05) is 46.1 Å². The van der Waals surface area contributed by atoms with E-state index in [1.807, 2.05) is 0 Å². The van der Waals surface area contributed by atoms with Crippen molar-refractivity contribution in [3.8, 4) is 6.07 Å². The number of nitrogens with zero attached hydrogens (tertiary/aromatic N) is 5. The van der Waals surface area contributed by atoms with Crippen LogP contribution in [0.4, 0.5) is 10.7 Å². The lowest BCUT2D eigenvalue weighted by Gasteiger charge is -2.33. The summed E-state index contributed by atoms with van der Waals surface area (Å²) < 4.78 is 0. The Balaban J connectivity index is 1.69. The molecule has 1 aliphatic rings. The van der Waals surface area contributed by atoms with Gasteiger partial charge in [0.25, 0.3) is 5.69 Å². The fourth-order valence-electron chi connectivity index (χ4n) is 3.92. The van der Waals surface area contributed by atoms with Crippen molar-refractivity contribution < 1.29 is 4.92 Å². The SMILES string of the molecule is CC(C)(C)[C@H]1CCc2c(sc(N=Cc3cc([N+](=O)[O-])ccc3Sc3ncccn3)c2C#N)C1. The zero-order valence-electron chi connectivity index (χ0n) is 18.6. The molecule has 168 valence electrons. The lowest BCUT2D eigenvalue weighted by Crippen LogP contribution is -2.26. The molecule has 4 rings (SSSR count). The number of aliphatic imine (C=N–C) groups is 1. The molecule has 1 aromatic carbocycles. The van der Waals surface area contributed by atoms with Crippen molar-refractivity contribution in [3.63, 3.8) is 0 Å². The van der Waals surface area contributed by atoms with Crippen LogP contribution in [0.5, 0.6) is 0 Å². The zero-order valence-corrected chi connectivity index (χ0v) is 20.2. The fraction of sp³-hybridized carbons (Fsp3) is 0.333. The molecule has 0 radical (unpaired) electrons. The van der Waals surface area contributed by atoms with Crippen molar-refractivity contribution in [3.05, 3.63) is 68.3 Å². The molecule has 0 N–H and O–H groups in total. The fourth-order valence-corrected chi connectivity index (χ4v) is 5.94. The monoisotopic (exact) mass is 477 g/mol. The minimum absolute atomic E-state index is 0.0196. The molecule has 0 saturated heterocycles. The van der Waals surface area contributed by atoms with Gasteiger partial charge in [-0.1, -0.05) is 20.8 Å². The maximum atomic E-state index is 11.3. The van der Waals surface area contributed by atoms with Crippen LogP contribution >= 0.6 is 23.1 Å². The third-order valence-electron chi connectivity index (χ3n) is 5.85. The average molecular weight is 478 g/mol. The minimum Gasteiger partial charge on any atom is -0.258 e. The van der Waals surface area contributed by atoms with E-state index in [0.29, 0.717) is 27.2 Å². The van der Waals surface area contributed by atoms with Crippen LogP contribution in [0.2, 0.25) is 0 Å². The molecule has 0 amide bonds.